The smallest absolute Gasteiger partial charge is 0.422 e. The number of amides is 2. The zero-order valence-corrected chi connectivity index (χ0v) is 16.0. The van der Waals surface area contributed by atoms with E-state index in [1.54, 1.807) is 42.5 Å². The third-order valence-electron chi connectivity index (χ3n) is 3.86. The average molecular weight is 418 g/mol. The summed E-state index contributed by atoms with van der Waals surface area (Å²) >= 11 is 0. The minimum atomic E-state index is -4.55. The zero-order valence-electron chi connectivity index (χ0n) is 16.0. The molecule has 0 bridgehead atoms. The maximum atomic E-state index is 12.7. The molecule has 3 rings (SSSR count). The molecule has 1 heterocycles. The van der Waals surface area contributed by atoms with E-state index in [2.05, 4.69) is 20.6 Å². The Morgan fingerprint density at radius 2 is 1.57 bits per heavy atom. The fourth-order valence-electron chi connectivity index (χ4n) is 2.70. The van der Waals surface area contributed by atoms with Gasteiger partial charge >= 0.3 is 6.18 Å². The van der Waals surface area contributed by atoms with Gasteiger partial charge in [-0.15, -0.1) is 0 Å². The summed E-state index contributed by atoms with van der Waals surface area (Å²) in [6, 6.07) is 11.9. The molecule has 0 saturated heterocycles. The number of fused-ring (bicyclic) bond motifs is 1. The highest BCUT2D eigenvalue weighted by Crippen LogP contribution is 2.31. The largest absolute Gasteiger partial charge is 0.467 e. The lowest BCUT2D eigenvalue weighted by Crippen LogP contribution is -2.20. The molecule has 0 radical (unpaired) electrons. The van der Waals surface area contributed by atoms with Crippen molar-refractivity contribution in [2.75, 3.05) is 17.2 Å². The van der Waals surface area contributed by atoms with Gasteiger partial charge in [-0.1, -0.05) is 18.2 Å². The first kappa shape index (κ1) is 21.0. The highest BCUT2D eigenvalue weighted by Gasteiger charge is 2.29. The van der Waals surface area contributed by atoms with Gasteiger partial charge in [-0.3, -0.25) is 14.9 Å². The van der Waals surface area contributed by atoms with E-state index in [-0.39, 0.29) is 23.1 Å². The SMILES string of the molecule is CC(=O)Nc1ccc(-c2ccc3nc(NC(C)=O)nc(OCC(F)(F)F)c3c2)cc1. The molecule has 0 atom stereocenters. The fraction of sp³-hybridized carbons (Fsp3) is 0.200. The van der Waals surface area contributed by atoms with Crippen molar-refractivity contribution in [2.24, 2.45) is 0 Å². The second-order valence-electron chi connectivity index (χ2n) is 6.43. The molecule has 0 unspecified atom stereocenters. The maximum Gasteiger partial charge on any atom is 0.422 e. The van der Waals surface area contributed by atoms with Crippen LogP contribution in [0.1, 0.15) is 13.8 Å². The van der Waals surface area contributed by atoms with Gasteiger partial charge in [0, 0.05) is 19.5 Å². The standard InChI is InChI=1S/C20H17F3N4O3/c1-11(28)24-15-6-3-13(4-7-15)14-5-8-17-16(9-14)18(30-10-20(21,22)23)27-19(26-17)25-12(2)29/h3-9H,10H2,1-2H3,(H,24,28)(H,25,26,27,29). The molecule has 7 nitrogen and oxygen atoms in total. The topological polar surface area (TPSA) is 93.2 Å². The Morgan fingerprint density at radius 1 is 0.933 bits per heavy atom. The lowest BCUT2D eigenvalue weighted by Gasteiger charge is -2.13. The molecule has 156 valence electrons. The molecule has 2 N–H and O–H groups in total. The number of halogens is 3. The monoisotopic (exact) mass is 418 g/mol. The number of carbonyl (C=O) groups excluding carboxylic acids is 2. The minimum absolute atomic E-state index is 0.153. The number of ether oxygens (including phenoxy) is 1. The third-order valence-corrected chi connectivity index (χ3v) is 3.86. The number of hydrogen-bond acceptors (Lipinski definition) is 5. The average Bonchev–Trinajstić information content (AvgIpc) is 2.65. The molecule has 0 fully saturated rings. The van der Waals surface area contributed by atoms with Crippen LogP contribution < -0.4 is 15.4 Å². The number of benzene rings is 2. The van der Waals surface area contributed by atoms with Crippen molar-refractivity contribution in [2.45, 2.75) is 20.0 Å². The molecule has 3 aromatic rings. The van der Waals surface area contributed by atoms with E-state index in [4.69, 9.17) is 4.74 Å². The first-order valence-electron chi connectivity index (χ1n) is 8.78. The fourth-order valence-corrected chi connectivity index (χ4v) is 2.70. The molecule has 0 saturated carbocycles. The molecule has 2 aromatic carbocycles. The van der Waals surface area contributed by atoms with Crippen LogP contribution in [0.25, 0.3) is 22.0 Å². The van der Waals surface area contributed by atoms with Crippen LogP contribution in [-0.4, -0.2) is 34.6 Å². The molecule has 0 aliphatic rings. The number of hydrogen-bond donors (Lipinski definition) is 2. The van der Waals surface area contributed by atoms with Gasteiger partial charge in [0.2, 0.25) is 23.6 Å². The molecule has 0 spiro atoms. The second-order valence-corrected chi connectivity index (χ2v) is 6.43. The first-order valence-corrected chi connectivity index (χ1v) is 8.78. The molecule has 1 aromatic heterocycles. The molecule has 0 aliphatic heterocycles. The van der Waals surface area contributed by atoms with Crippen LogP contribution in [0.3, 0.4) is 0 Å². The molecular weight excluding hydrogens is 401 g/mol. The van der Waals surface area contributed by atoms with Crippen LogP contribution in [0, 0.1) is 0 Å². The van der Waals surface area contributed by atoms with Crippen molar-refractivity contribution in [3.8, 4) is 17.0 Å². The Balaban J connectivity index is 2.02. The zero-order chi connectivity index (χ0) is 21.9. The number of carbonyl (C=O) groups is 2. The Hall–Kier alpha value is -3.69. The lowest BCUT2D eigenvalue weighted by molar-refractivity contribution is -0.153. The van der Waals surface area contributed by atoms with Crippen molar-refractivity contribution < 1.29 is 27.5 Å². The van der Waals surface area contributed by atoms with E-state index in [1.165, 1.54) is 13.8 Å². The lowest BCUT2D eigenvalue weighted by atomic mass is 10.0. The molecule has 2 amide bonds. The van der Waals surface area contributed by atoms with Crippen LogP contribution in [0.15, 0.2) is 42.5 Å². The predicted molar refractivity (Wildman–Crippen MR) is 105 cm³/mol. The summed E-state index contributed by atoms with van der Waals surface area (Å²) in [5.41, 5.74) is 2.37. The van der Waals surface area contributed by atoms with Crippen LogP contribution in [-0.2, 0) is 9.59 Å². The highest BCUT2D eigenvalue weighted by molar-refractivity contribution is 5.92. The highest BCUT2D eigenvalue weighted by atomic mass is 19.4. The van der Waals surface area contributed by atoms with Crippen molar-refractivity contribution in [3.05, 3.63) is 42.5 Å². The Morgan fingerprint density at radius 3 is 2.17 bits per heavy atom. The summed E-state index contributed by atoms with van der Waals surface area (Å²) in [6.45, 7) is 1.10. The molecular formula is C20H17F3N4O3. The van der Waals surface area contributed by atoms with Gasteiger partial charge in [0.25, 0.3) is 0 Å². The van der Waals surface area contributed by atoms with E-state index in [0.29, 0.717) is 16.8 Å². The summed E-state index contributed by atoms with van der Waals surface area (Å²) in [7, 11) is 0. The minimum Gasteiger partial charge on any atom is -0.467 e. The number of nitrogens with zero attached hydrogens (tertiary/aromatic N) is 2. The Kier molecular flexibility index (Phi) is 5.86. The van der Waals surface area contributed by atoms with Crippen molar-refractivity contribution in [3.63, 3.8) is 0 Å². The van der Waals surface area contributed by atoms with E-state index >= 15 is 0 Å². The van der Waals surface area contributed by atoms with Crippen LogP contribution >= 0.6 is 0 Å². The first-order chi connectivity index (χ1) is 14.1. The predicted octanol–water partition coefficient (Wildman–Crippen LogP) is 4.15. The summed E-state index contributed by atoms with van der Waals surface area (Å²) in [6.07, 6.45) is -4.55. The van der Waals surface area contributed by atoms with Gasteiger partial charge in [0.1, 0.15) is 0 Å². The van der Waals surface area contributed by atoms with Gasteiger partial charge in [-0.25, -0.2) is 4.98 Å². The van der Waals surface area contributed by atoms with Crippen LogP contribution in [0.2, 0.25) is 0 Å². The molecule has 10 heteroatoms. The number of anilines is 2. The summed E-state index contributed by atoms with van der Waals surface area (Å²) in [5, 5.41) is 5.26. The summed E-state index contributed by atoms with van der Waals surface area (Å²) in [4.78, 5) is 30.5. The molecule has 0 aliphatic carbocycles. The quantitative estimate of drug-likeness (QED) is 0.649. The van der Waals surface area contributed by atoms with Gasteiger partial charge in [0.05, 0.1) is 10.9 Å². The van der Waals surface area contributed by atoms with E-state index in [0.717, 1.165) is 5.56 Å². The van der Waals surface area contributed by atoms with E-state index in [1.807, 2.05) is 0 Å². The van der Waals surface area contributed by atoms with Gasteiger partial charge in [-0.05, 0) is 35.4 Å². The van der Waals surface area contributed by atoms with Crippen molar-refractivity contribution in [1.29, 1.82) is 0 Å². The number of alkyl halides is 3. The summed E-state index contributed by atoms with van der Waals surface area (Å²) < 4.78 is 42.9. The normalized spacial score (nSPS) is 11.2. The third kappa shape index (κ3) is 5.43. The second kappa shape index (κ2) is 8.36. The summed E-state index contributed by atoms with van der Waals surface area (Å²) in [5.74, 6) is -1.11. The van der Waals surface area contributed by atoms with E-state index < -0.39 is 18.7 Å². The number of aromatic nitrogens is 2. The van der Waals surface area contributed by atoms with Gasteiger partial charge in [-0.2, -0.15) is 18.2 Å². The van der Waals surface area contributed by atoms with Crippen LogP contribution in [0.5, 0.6) is 5.88 Å². The van der Waals surface area contributed by atoms with Crippen LogP contribution in [0.4, 0.5) is 24.8 Å². The maximum absolute atomic E-state index is 12.7. The van der Waals surface area contributed by atoms with Crippen molar-refractivity contribution >= 4 is 34.4 Å². The van der Waals surface area contributed by atoms with Gasteiger partial charge < -0.3 is 10.1 Å². The Bertz CT molecular complexity index is 1100. The van der Waals surface area contributed by atoms with Crippen molar-refractivity contribution in [1.82, 2.24) is 9.97 Å². The van der Waals surface area contributed by atoms with E-state index in [9.17, 15) is 22.8 Å². The van der Waals surface area contributed by atoms with Gasteiger partial charge in [0.15, 0.2) is 6.61 Å². The number of rotatable bonds is 5. The molecule has 30 heavy (non-hydrogen) atoms. The Labute approximate surface area is 169 Å². The number of nitrogens with one attached hydrogen (secondary N) is 2.